The van der Waals surface area contributed by atoms with E-state index >= 15 is 0 Å². The number of esters is 2. The fourth-order valence-corrected chi connectivity index (χ4v) is 3.02. The predicted molar refractivity (Wildman–Crippen MR) is 127 cm³/mol. The van der Waals surface area contributed by atoms with Crippen molar-refractivity contribution in [1.29, 1.82) is 0 Å². The van der Waals surface area contributed by atoms with E-state index in [4.69, 9.17) is 23.7 Å². The molecular weight excluding hydrogens is 460 g/mol. The average molecular weight is 503 g/mol. The second-order valence-electron chi connectivity index (χ2n) is 10.4. The summed E-state index contributed by atoms with van der Waals surface area (Å²) in [7, 11) is 0. The summed E-state index contributed by atoms with van der Waals surface area (Å²) >= 11 is 0. The molecule has 0 saturated carbocycles. The van der Waals surface area contributed by atoms with Gasteiger partial charge in [-0.1, -0.05) is 0 Å². The van der Waals surface area contributed by atoms with E-state index in [2.05, 4.69) is 10.6 Å². The van der Waals surface area contributed by atoms with Crippen molar-refractivity contribution in [3.8, 4) is 0 Å². The van der Waals surface area contributed by atoms with E-state index in [0.29, 0.717) is 38.8 Å². The minimum Gasteiger partial charge on any atom is -0.463 e. The molecule has 2 amide bonds. The number of amides is 2. The minimum atomic E-state index is -0.568. The third-order valence-corrected chi connectivity index (χ3v) is 4.51. The number of carbonyl (C=O) groups is 4. The Labute approximate surface area is 207 Å². The number of ether oxygens (including phenoxy) is 5. The number of nitrogens with one attached hydrogen (secondary N) is 2. The number of carbonyl (C=O) groups excluding carboxylic acids is 4. The Bertz CT molecular complexity index is 640. The fraction of sp³-hybridized carbons (Fsp3) is 0.833. The molecule has 0 radical (unpaired) electrons. The third kappa shape index (κ3) is 16.7. The van der Waals surface area contributed by atoms with Crippen LogP contribution in [0.4, 0.5) is 9.59 Å². The van der Waals surface area contributed by atoms with Crippen molar-refractivity contribution in [2.45, 2.75) is 103 Å². The summed E-state index contributed by atoms with van der Waals surface area (Å²) < 4.78 is 26.5. The molecule has 1 aliphatic heterocycles. The van der Waals surface area contributed by atoms with E-state index in [-0.39, 0.29) is 50.2 Å². The molecule has 2 N–H and O–H groups in total. The first-order valence-corrected chi connectivity index (χ1v) is 12.1. The van der Waals surface area contributed by atoms with E-state index in [9.17, 15) is 19.2 Å². The molecule has 1 aliphatic rings. The van der Waals surface area contributed by atoms with Crippen LogP contribution in [-0.4, -0.2) is 73.8 Å². The van der Waals surface area contributed by atoms with Gasteiger partial charge in [-0.25, -0.2) is 9.59 Å². The summed E-state index contributed by atoms with van der Waals surface area (Å²) in [5.74, 6) is -0.732. The average Bonchev–Trinajstić information content (AvgIpc) is 3.17. The Kier molecular flexibility index (Phi) is 12.8. The van der Waals surface area contributed by atoms with Crippen LogP contribution in [0.1, 0.15) is 80.1 Å². The maximum absolute atomic E-state index is 11.9. The molecule has 0 aromatic rings. The lowest BCUT2D eigenvalue weighted by atomic mass is 10.2. The van der Waals surface area contributed by atoms with Gasteiger partial charge in [0.25, 0.3) is 0 Å². The number of alkyl carbamates (subject to hydrolysis) is 2. The van der Waals surface area contributed by atoms with Crippen molar-refractivity contribution in [2.75, 3.05) is 26.3 Å². The van der Waals surface area contributed by atoms with Crippen molar-refractivity contribution in [1.82, 2.24) is 10.6 Å². The fourth-order valence-electron chi connectivity index (χ4n) is 3.02. The maximum Gasteiger partial charge on any atom is 0.407 e. The van der Waals surface area contributed by atoms with Gasteiger partial charge in [0.1, 0.15) is 24.4 Å². The molecule has 1 fully saturated rings. The second-order valence-corrected chi connectivity index (χ2v) is 10.4. The lowest BCUT2D eigenvalue weighted by Crippen LogP contribution is -2.33. The lowest BCUT2D eigenvalue weighted by Gasteiger charge is -2.19. The highest BCUT2D eigenvalue weighted by molar-refractivity contribution is 5.70. The first-order valence-electron chi connectivity index (χ1n) is 12.1. The predicted octanol–water partition coefficient (Wildman–Crippen LogP) is 3.23. The van der Waals surface area contributed by atoms with Crippen LogP contribution in [-0.2, 0) is 33.3 Å². The van der Waals surface area contributed by atoms with Gasteiger partial charge in [0.05, 0.1) is 12.2 Å². The molecular formula is C24H42N2O9. The van der Waals surface area contributed by atoms with Gasteiger partial charge in [0, 0.05) is 25.9 Å². The summed E-state index contributed by atoms with van der Waals surface area (Å²) in [6.45, 7) is 11.6. The van der Waals surface area contributed by atoms with E-state index in [0.717, 1.165) is 0 Å². The lowest BCUT2D eigenvalue weighted by molar-refractivity contribution is -0.151. The third-order valence-electron chi connectivity index (χ3n) is 4.51. The van der Waals surface area contributed by atoms with E-state index in [1.54, 1.807) is 41.5 Å². The monoisotopic (exact) mass is 502 g/mol. The van der Waals surface area contributed by atoms with Crippen molar-refractivity contribution in [3.05, 3.63) is 0 Å². The summed E-state index contributed by atoms with van der Waals surface area (Å²) in [6.07, 6.45) is 1.12. The SMILES string of the molecule is CC(C)(C)OC(=O)NCCCC(=O)OC[C@H]1CC[C@@H](COC(=O)CCCNC(=O)OC(C)(C)C)O1. The van der Waals surface area contributed by atoms with Crippen LogP contribution in [0.3, 0.4) is 0 Å². The number of hydrogen-bond donors (Lipinski definition) is 2. The molecule has 11 heteroatoms. The Morgan fingerprint density at radius 1 is 0.714 bits per heavy atom. The van der Waals surface area contributed by atoms with Gasteiger partial charge in [0.15, 0.2) is 0 Å². The smallest absolute Gasteiger partial charge is 0.407 e. The topological polar surface area (TPSA) is 138 Å². The van der Waals surface area contributed by atoms with Crippen molar-refractivity contribution >= 4 is 24.1 Å². The summed E-state index contributed by atoms with van der Waals surface area (Å²) in [6, 6.07) is 0. The molecule has 11 nitrogen and oxygen atoms in total. The van der Waals surface area contributed by atoms with Crippen molar-refractivity contribution in [3.63, 3.8) is 0 Å². The Hall–Kier alpha value is -2.56. The van der Waals surface area contributed by atoms with Crippen LogP contribution in [0.2, 0.25) is 0 Å². The number of rotatable bonds is 12. The number of hydrogen-bond acceptors (Lipinski definition) is 9. The molecule has 1 heterocycles. The van der Waals surface area contributed by atoms with Gasteiger partial charge in [-0.05, 0) is 67.2 Å². The summed E-state index contributed by atoms with van der Waals surface area (Å²) in [5, 5.41) is 5.18. The van der Waals surface area contributed by atoms with E-state index in [1.807, 2.05) is 0 Å². The van der Waals surface area contributed by atoms with Crippen molar-refractivity contribution in [2.24, 2.45) is 0 Å². The highest BCUT2D eigenvalue weighted by Gasteiger charge is 2.27. The molecule has 0 spiro atoms. The van der Waals surface area contributed by atoms with Crippen LogP contribution >= 0.6 is 0 Å². The summed E-state index contributed by atoms with van der Waals surface area (Å²) in [4.78, 5) is 46.8. The molecule has 1 rings (SSSR count). The zero-order valence-corrected chi connectivity index (χ0v) is 21.9. The van der Waals surface area contributed by atoms with Gasteiger partial charge < -0.3 is 34.3 Å². The molecule has 1 saturated heterocycles. The van der Waals surface area contributed by atoms with Crippen LogP contribution in [0, 0.1) is 0 Å². The van der Waals surface area contributed by atoms with Gasteiger partial charge in [-0.3, -0.25) is 9.59 Å². The zero-order valence-electron chi connectivity index (χ0n) is 21.9. The Morgan fingerprint density at radius 3 is 1.43 bits per heavy atom. The van der Waals surface area contributed by atoms with Crippen LogP contribution < -0.4 is 10.6 Å². The first-order chi connectivity index (χ1) is 16.2. The van der Waals surface area contributed by atoms with Gasteiger partial charge in [-0.2, -0.15) is 0 Å². The van der Waals surface area contributed by atoms with Gasteiger partial charge in [0.2, 0.25) is 0 Å². The molecule has 0 aromatic heterocycles. The maximum atomic E-state index is 11.9. The normalized spacial score (nSPS) is 17.9. The second kappa shape index (κ2) is 14.8. The molecule has 202 valence electrons. The Morgan fingerprint density at radius 2 is 1.09 bits per heavy atom. The standard InChI is InChI=1S/C24H42N2O9/c1-23(2,3)34-21(29)25-13-7-9-19(27)31-15-17-11-12-18(33-17)16-32-20(28)10-8-14-26-22(30)35-24(4,5)6/h17-18H,7-16H2,1-6H3,(H,25,29)(H,26,30)/t17-,18+. The highest BCUT2D eigenvalue weighted by atomic mass is 16.6. The largest absolute Gasteiger partial charge is 0.463 e. The van der Waals surface area contributed by atoms with Crippen LogP contribution in [0.25, 0.3) is 0 Å². The molecule has 35 heavy (non-hydrogen) atoms. The van der Waals surface area contributed by atoms with Crippen LogP contribution in [0.5, 0.6) is 0 Å². The first kappa shape index (κ1) is 30.5. The van der Waals surface area contributed by atoms with Crippen LogP contribution in [0.15, 0.2) is 0 Å². The zero-order chi connectivity index (χ0) is 26.5. The van der Waals surface area contributed by atoms with E-state index in [1.165, 1.54) is 0 Å². The summed E-state index contributed by atoms with van der Waals surface area (Å²) in [5.41, 5.74) is -1.14. The van der Waals surface area contributed by atoms with Gasteiger partial charge in [-0.15, -0.1) is 0 Å². The van der Waals surface area contributed by atoms with E-state index < -0.39 is 23.4 Å². The molecule has 0 bridgehead atoms. The highest BCUT2D eigenvalue weighted by Crippen LogP contribution is 2.20. The minimum absolute atomic E-state index is 0.138. The molecule has 0 aromatic carbocycles. The van der Waals surface area contributed by atoms with Crippen molar-refractivity contribution < 1.29 is 42.9 Å². The quantitative estimate of drug-likeness (QED) is 0.234. The Balaban J connectivity index is 2.07. The molecule has 0 unspecified atom stereocenters. The molecule has 2 atom stereocenters. The van der Waals surface area contributed by atoms with Gasteiger partial charge >= 0.3 is 24.1 Å². The molecule has 0 aliphatic carbocycles.